The lowest BCUT2D eigenvalue weighted by atomic mass is 9.98. The Labute approximate surface area is 203 Å². The number of fused-ring (bicyclic) bond motifs is 1. The molecule has 3 aromatic rings. The molecule has 6 nitrogen and oxygen atoms in total. The van der Waals surface area contributed by atoms with Crippen molar-refractivity contribution in [1.82, 2.24) is 4.90 Å². The third-order valence-electron chi connectivity index (χ3n) is 6.42. The first kappa shape index (κ1) is 22.8. The van der Waals surface area contributed by atoms with Gasteiger partial charge in [-0.3, -0.25) is 14.5 Å². The zero-order valence-electron chi connectivity index (χ0n) is 19.2. The number of carbonyl (C=O) groups is 2. The second kappa shape index (κ2) is 9.72. The largest absolute Gasteiger partial charge is 0.481 e. The van der Waals surface area contributed by atoms with Gasteiger partial charge in [0.05, 0.1) is 17.0 Å². The summed E-state index contributed by atoms with van der Waals surface area (Å²) in [5.41, 5.74) is 5.83. The van der Waals surface area contributed by atoms with Gasteiger partial charge in [-0.2, -0.15) is 0 Å². The first-order chi connectivity index (χ1) is 17.0. The van der Waals surface area contributed by atoms with Gasteiger partial charge in [0.1, 0.15) is 5.82 Å². The van der Waals surface area contributed by atoms with Crippen LogP contribution in [-0.4, -0.2) is 35.0 Å². The fraction of sp³-hybridized carbons (Fsp3) is 0.214. The van der Waals surface area contributed by atoms with E-state index in [9.17, 15) is 14.0 Å². The molecule has 3 aromatic carbocycles. The van der Waals surface area contributed by atoms with Crippen molar-refractivity contribution >= 4 is 34.5 Å². The van der Waals surface area contributed by atoms with Gasteiger partial charge in [-0.15, -0.1) is 0 Å². The first-order valence-corrected chi connectivity index (χ1v) is 11.7. The molecular weight excluding hydrogens is 445 g/mol. The zero-order chi connectivity index (χ0) is 24.4. The number of amides is 1. The molecule has 0 bridgehead atoms. The highest BCUT2D eigenvalue weighted by atomic mass is 19.1. The molecule has 1 saturated heterocycles. The van der Waals surface area contributed by atoms with E-state index in [1.54, 1.807) is 6.07 Å². The number of hydrogen-bond acceptors (Lipinski definition) is 4. The zero-order valence-corrected chi connectivity index (χ0v) is 19.2. The van der Waals surface area contributed by atoms with Gasteiger partial charge in [0.25, 0.3) is 5.91 Å². The molecule has 1 fully saturated rings. The molecule has 0 spiro atoms. The van der Waals surface area contributed by atoms with E-state index >= 15 is 0 Å². The Kier molecular flexibility index (Phi) is 6.33. The van der Waals surface area contributed by atoms with E-state index in [1.807, 2.05) is 36.4 Å². The summed E-state index contributed by atoms with van der Waals surface area (Å²) in [7, 11) is 0. The maximum Gasteiger partial charge on any atom is 0.303 e. The second-order valence-electron chi connectivity index (χ2n) is 8.94. The minimum absolute atomic E-state index is 0.0522. The van der Waals surface area contributed by atoms with Crippen molar-refractivity contribution in [2.24, 2.45) is 0 Å². The molecule has 0 radical (unpaired) electrons. The van der Waals surface area contributed by atoms with Gasteiger partial charge in [-0.1, -0.05) is 36.4 Å². The molecule has 0 saturated carbocycles. The summed E-state index contributed by atoms with van der Waals surface area (Å²) < 4.78 is 13.8. The second-order valence-corrected chi connectivity index (χ2v) is 8.94. The van der Waals surface area contributed by atoms with Crippen LogP contribution in [0.1, 0.15) is 35.1 Å². The predicted molar refractivity (Wildman–Crippen MR) is 134 cm³/mol. The van der Waals surface area contributed by atoms with Gasteiger partial charge in [-0.05, 0) is 73.0 Å². The Bertz CT molecular complexity index is 1300. The summed E-state index contributed by atoms with van der Waals surface area (Å²) in [6, 6.07) is 19.9. The quantitative estimate of drug-likeness (QED) is 0.404. The van der Waals surface area contributed by atoms with Crippen molar-refractivity contribution in [3.8, 4) is 0 Å². The van der Waals surface area contributed by atoms with E-state index in [0.717, 1.165) is 36.4 Å². The van der Waals surface area contributed by atoms with Crippen LogP contribution in [0.2, 0.25) is 0 Å². The van der Waals surface area contributed by atoms with Crippen molar-refractivity contribution in [2.75, 3.05) is 23.7 Å². The van der Waals surface area contributed by atoms with E-state index in [1.165, 1.54) is 24.1 Å². The van der Waals surface area contributed by atoms with Crippen LogP contribution in [0.3, 0.4) is 0 Å². The lowest BCUT2D eigenvalue weighted by Crippen LogP contribution is -2.36. The average molecular weight is 472 g/mol. The van der Waals surface area contributed by atoms with Crippen LogP contribution >= 0.6 is 0 Å². The summed E-state index contributed by atoms with van der Waals surface area (Å²) >= 11 is 0. The Morgan fingerprint density at radius 3 is 2.37 bits per heavy atom. The highest BCUT2D eigenvalue weighted by molar-refractivity contribution is 6.37. The van der Waals surface area contributed by atoms with Crippen molar-refractivity contribution in [2.45, 2.75) is 25.8 Å². The van der Waals surface area contributed by atoms with Crippen molar-refractivity contribution in [3.05, 3.63) is 94.8 Å². The SMILES string of the molecule is O=C(O)CCc1ccc(/C(Nc2ccc(CN3CCC3)cc2)=C2/C(=O)Nc3cc(F)ccc32)cc1. The third kappa shape index (κ3) is 5.10. The predicted octanol–water partition coefficient (Wildman–Crippen LogP) is 4.98. The van der Waals surface area contributed by atoms with Crippen molar-refractivity contribution in [3.63, 3.8) is 0 Å². The number of aryl methyl sites for hydroxylation is 1. The number of carbonyl (C=O) groups excluding carboxylic acids is 1. The molecular formula is C28H26FN3O3. The smallest absolute Gasteiger partial charge is 0.303 e. The Morgan fingerprint density at radius 2 is 1.71 bits per heavy atom. The van der Waals surface area contributed by atoms with Crippen LogP contribution in [-0.2, 0) is 22.6 Å². The summed E-state index contributed by atoms with van der Waals surface area (Å²) in [6.07, 6.45) is 1.73. The molecule has 2 aliphatic rings. The lowest BCUT2D eigenvalue weighted by molar-refractivity contribution is -0.137. The van der Waals surface area contributed by atoms with Crippen molar-refractivity contribution in [1.29, 1.82) is 0 Å². The van der Waals surface area contributed by atoms with Crippen LogP contribution in [0.4, 0.5) is 15.8 Å². The minimum Gasteiger partial charge on any atom is -0.481 e. The number of likely N-dealkylation sites (tertiary alicyclic amines) is 1. The number of carboxylic acid groups (broad SMARTS) is 1. The number of hydrogen-bond donors (Lipinski definition) is 3. The number of aliphatic carboxylic acids is 1. The van der Waals surface area contributed by atoms with Gasteiger partial charge in [0.15, 0.2) is 0 Å². The van der Waals surface area contributed by atoms with Crippen LogP contribution in [0, 0.1) is 5.82 Å². The Balaban J connectivity index is 1.49. The standard InChI is InChI=1S/C28H26FN3O3/c29-21-9-12-23-24(16-21)31-28(35)26(23)27(20-7-2-18(3-8-20)6-13-25(33)34)30-22-10-4-19(5-11-22)17-32-14-1-15-32/h2-5,7-12,16,30H,1,6,13-15,17H2,(H,31,35)(H,33,34)/b27-26-. The molecule has 35 heavy (non-hydrogen) atoms. The molecule has 3 N–H and O–H groups in total. The monoisotopic (exact) mass is 471 g/mol. The van der Waals surface area contributed by atoms with Gasteiger partial charge < -0.3 is 15.7 Å². The number of rotatable bonds is 8. The molecule has 2 heterocycles. The molecule has 178 valence electrons. The molecule has 5 rings (SSSR count). The summed E-state index contributed by atoms with van der Waals surface area (Å²) in [6.45, 7) is 3.19. The number of benzene rings is 3. The van der Waals surface area contributed by atoms with Gasteiger partial charge >= 0.3 is 5.97 Å². The van der Waals surface area contributed by atoms with Gasteiger partial charge in [0.2, 0.25) is 0 Å². The number of halogens is 1. The Morgan fingerprint density at radius 1 is 1.00 bits per heavy atom. The first-order valence-electron chi connectivity index (χ1n) is 11.7. The van der Waals surface area contributed by atoms with Crippen LogP contribution in [0.25, 0.3) is 11.3 Å². The lowest BCUT2D eigenvalue weighted by Gasteiger charge is -2.30. The van der Waals surface area contributed by atoms with E-state index in [0.29, 0.717) is 28.9 Å². The molecule has 1 amide bonds. The van der Waals surface area contributed by atoms with Crippen molar-refractivity contribution < 1.29 is 19.1 Å². The van der Waals surface area contributed by atoms with Crippen LogP contribution in [0.5, 0.6) is 0 Å². The molecule has 0 unspecified atom stereocenters. The Hall–Kier alpha value is -3.97. The normalized spacial score (nSPS) is 16.3. The molecule has 7 heteroatoms. The fourth-order valence-corrected chi connectivity index (χ4v) is 4.40. The molecule has 0 aromatic heterocycles. The number of nitrogens with one attached hydrogen (secondary N) is 2. The molecule has 2 aliphatic heterocycles. The minimum atomic E-state index is -0.845. The van der Waals surface area contributed by atoms with E-state index in [4.69, 9.17) is 5.11 Å². The van der Waals surface area contributed by atoms with E-state index in [-0.39, 0.29) is 12.3 Å². The maximum absolute atomic E-state index is 13.8. The molecule has 0 aliphatic carbocycles. The van der Waals surface area contributed by atoms with E-state index in [2.05, 4.69) is 27.7 Å². The van der Waals surface area contributed by atoms with Gasteiger partial charge in [0, 0.05) is 24.2 Å². The van der Waals surface area contributed by atoms with Crippen LogP contribution < -0.4 is 10.6 Å². The summed E-state index contributed by atoms with van der Waals surface area (Å²) in [4.78, 5) is 26.3. The number of nitrogens with zero attached hydrogens (tertiary/aromatic N) is 1. The number of carboxylic acids is 1. The van der Waals surface area contributed by atoms with Crippen LogP contribution in [0.15, 0.2) is 66.7 Å². The summed E-state index contributed by atoms with van der Waals surface area (Å²) in [5.74, 6) is -1.57. The maximum atomic E-state index is 13.8. The fourth-order valence-electron chi connectivity index (χ4n) is 4.40. The topological polar surface area (TPSA) is 81.7 Å². The average Bonchev–Trinajstić information content (AvgIpc) is 3.14. The third-order valence-corrected chi connectivity index (χ3v) is 6.42. The molecule has 0 atom stereocenters. The summed E-state index contributed by atoms with van der Waals surface area (Å²) in [5, 5.41) is 15.1. The number of anilines is 2. The van der Waals surface area contributed by atoms with E-state index < -0.39 is 11.8 Å². The highest BCUT2D eigenvalue weighted by Gasteiger charge is 2.29. The van der Waals surface area contributed by atoms with Gasteiger partial charge in [-0.25, -0.2) is 4.39 Å². The highest BCUT2D eigenvalue weighted by Crippen LogP contribution is 2.38.